The monoisotopic (exact) mass is 376 g/mol. The zero-order valence-electron chi connectivity index (χ0n) is 15.7. The van der Waals surface area contributed by atoms with Crippen LogP contribution in [0.2, 0.25) is 0 Å². The molecule has 0 aromatic heterocycles. The highest BCUT2D eigenvalue weighted by molar-refractivity contribution is 8.00. The molecular formula is C20H28N2O3S. The van der Waals surface area contributed by atoms with Gasteiger partial charge in [-0.05, 0) is 31.2 Å². The van der Waals surface area contributed by atoms with Crippen molar-refractivity contribution in [2.24, 2.45) is 5.92 Å². The number of rotatable bonds is 6. The molecule has 3 atom stereocenters. The van der Waals surface area contributed by atoms with E-state index in [1.807, 2.05) is 42.1 Å². The number of thioether (sulfide) groups is 1. The molecule has 3 unspecified atom stereocenters. The molecule has 2 fully saturated rings. The van der Waals surface area contributed by atoms with E-state index in [9.17, 15) is 9.59 Å². The Bertz CT molecular complexity index is 652. The molecule has 5 nitrogen and oxygen atoms in total. The second kappa shape index (κ2) is 8.01. The molecule has 1 amide bonds. The van der Waals surface area contributed by atoms with Crippen LogP contribution in [0.15, 0.2) is 30.3 Å². The summed E-state index contributed by atoms with van der Waals surface area (Å²) in [4.78, 5) is 27.1. The first kappa shape index (κ1) is 19.2. The quantitative estimate of drug-likeness (QED) is 0.774. The number of hydrogen-bond donors (Lipinski definition) is 1. The van der Waals surface area contributed by atoms with E-state index in [0.717, 1.165) is 24.2 Å². The Morgan fingerprint density at radius 2 is 2.08 bits per heavy atom. The van der Waals surface area contributed by atoms with E-state index in [-0.39, 0.29) is 42.0 Å². The highest BCUT2D eigenvalue weighted by Gasteiger charge is 2.51. The first-order chi connectivity index (χ1) is 12.4. The molecule has 0 aliphatic carbocycles. The van der Waals surface area contributed by atoms with Crippen molar-refractivity contribution < 1.29 is 14.3 Å². The van der Waals surface area contributed by atoms with Crippen LogP contribution in [-0.4, -0.2) is 46.0 Å². The number of fused-ring (bicyclic) bond motifs is 1. The van der Waals surface area contributed by atoms with Gasteiger partial charge < -0.3 is 9.64 Å². The van der Waals surface area contributed by atoms with E-state index < -0.39 is 0 Å². The van der Waals surface area contributed by atoms with Gasteiger partial charge in [0.25, 0.3) is 0 Å². The van der Waals surface area contributed by atoms with Crippen molar-refractivity contribution in [2.45, 2.75) is 57.2 Å². The van der Waals surface area contributed by atoms with Gasteiger partial charge in [-0.2, -0.15) is 0 Å². The molecule has 1 aromatic rings. The van der Waals surface area contributed by atoms with Crippen LogP contribution in [0, 0.1) is 5.92 Å². The van der Waals surface area contributed by atoms with Gasteiger partial charge in [-0.3, -0.25) is 14.9 Å². The lowest BCUT2D eigenvalue weighted by molar-refractivity contribution is -0.146. The van der Waals surface area contributed by atoms with Crippen LogP contribution in [0.1, 0.15) is 39.2 Å². The number of esters is 1. The third-order valence-electron chi connectivity index (χ3n) is 5.62. The van der Waals surface area contributed by atoms with Gasteiger partial charge in [0.2, 0.25) is 5.91 Å². The van der Waals surface area contributed by atoms with Gasteiger partial charge in [-0.25, -0.2) is 0 Å². The van der Waals surface area contributed by atoms with Crippen molar-refractivity contribution in [3.63, 3.8) is 0 Å². The molecule has 1 N–H and O–H groups in total. The number of nitrogens with zero attached hydrogens (tertiary/aromatic N) is 1. The molecule has 0 spiro atoms. The summed E-state index contributed by atoms with van der Waals surface area (Å²) in [7, 11) is 0. The summed E-state index contributed by atoms with van der Waals surface area (Å²) < 4.78 is 5.29. The first-order valence-electron chi connectivity index (χ1n) is 9.29. The van der Waals surface area contributed by atoms with Crippen LogP contribution in [-0.2, 0) is 20.9 Å². The predicted octanol–water partition coefficient (Wildman–Crippen LogP) is 2.80. The molecule has 0 saturated carbocycles. The molecule has 2 aliphatic heterocycles. The van der Waals surface area contributed by atoms with E-state index in [1.54, 1.807) is 0 Å². The number of amides is 1. The topological polar surface area (TPSA) is 58.6 Å². The van der Waals surface area contributed by atoms with Crippen LogP contribution in [0.3, 0.4) is 0 Å². The number of hydrogen-bond acceptors (Lipinski definition) is 5. The Morgan fingerprint density at radius 1 is 1.35 bits per heavy atom. The maximum atomic E-state index is 13.0. The van der Waals surface area contributed by atoms with Crippen LogP contribution in [0.5, 0.6) is 0 Å². The first-order valence-corrected chi connectivity index (χ1v) is 10.3. The van der Waals surface area contributed by atoms with Crippen molar-refractivity contribution >= 4 is 23.6 Å². The number of nitrogens with one attached hydrogen (secondary N) is 1. The Balaban J connectivity index is 1.52. The summed E-state index contributed by atoms with van der Waals surface area (Å²) in [6, 6.07) is 9.30. The van der Waals surface area contributed by atoms with Gasteiger partial charge in [0.05, 0.1) is 23.5 Å². The molecule has 2 heterocycles. The molecule has 2 saturated heterocycles. The Morgan fingerprint density at radius 3 is 2.77 bits per heavy atom. The molecule has 142 valence electrons. The second-order valence-corrected chi connectivity index (χ2v) is 8.81. The fourth-order valence-electron chi connectivity index (χ4n) is 3.57. The minimum Gasteiger partial charge on any atom is -0.460 e. The smallest absolute Gasteiger partial charge is 0.320 e. The van der Waals surface area contributed by atoms with E-state index in [0.29, 0.717) is 5.92 Å². The average molecular weight is 377 g/mol. The fourth-order valence-corrected chi connectivity index (χ4v) is 5.37. The zero-order valence-corrected chi connectivity index (χ0v) is 16.6. The Labute approximate surface area is 159 Å². The highest BCUT2D eigenvalue weighted by Crippen LogP contribution is 2.45. The largest absolute Gasteiger partial charge is 0.460 e. The Hall–Kier alpha value is -1.53. The summed E-state index contributed by atoms with van der Waals surface area (Å²) >= 11 is 1.88. The van der Waals surface area contributed by atoms with Crippen LogP contribution in [0.4, 0.5) is 0 Å². The van der Waals surface area contributed by atoms with E-state index in [4.69, 9.17) is 4.74 Å². The normalized spacial score (nSPS) is 28.3. The number of piperidine rings is 1. The molecule has 0 radical (unpaired) electrons. The molecule has 3 rings (SSSR count). The lowest BCUT2D eigenvalue weighted by Gasteiger charge is -2.45. The highest BCUT2D eigenvalue weighted by atomic mass is 32.2. The summed E-state index contributed by atoms with van der Waals surface area (Å²) in [5.74, 6) is 1.18. The van der Waals surface area contributed by atoms with Crippen molar-refractivity contribution in [1.82, 2.24) is 10.2 Å². The summed E-state index contributed by atoms with van der Waals surface area (Å²) in [6.07, 6.45) is 1.74. The van der Waals surface area contributed by atoms with Gasteiger partial charge in [-0.15, -0.1) is 11.8 Å². The molecule has 1 aromatic carbocycles. The number of ether oxygens (including phenoxy) is 1. The molecule has 2 aliphatic rings. The van der Waals surface area contributed by atoms with Crippen molar-refractivity contribution in [1.29, 1.82) is 0 Å². The second-order valence-electron chi connectivity index (χ2n) is 7.64. The van der Waals surface area contributed by atoms with Crippen LogP contribution >= 0.6 is 11.8 Å². The SMILES string of the molecule is CC(C)C1(C)CSC2CCC(NCC(=O)OCc3ccccc3)C(=O)N21. The molecule has 26 heavy (non-hydrogen) atoms. The minimum absolute atomic E-state index is 0.0628. The van der Waals surface area contributed by atoms with E-state index in [1.165, 1.54) is 0 Å². The van der Waals surface area contributed by atoms with Gasteiger partial charge in [0, 0.05) is 5.75 Å². The van der Waals surface area contributed by atoms with Crippen molar-refractivity contribution in [2.75, 3.05) is 12.3 Å². The number of benzene rings is 1. The van der Waals surface area contributed by atoms with Gasteiger partial charge in [-0.1, -0.05) is 44.2 Å². The van der Waals surface area contributed by atoms with Gasteiger partial charge in [0.1, 0.15) is 6.61 Å². The third kappa shape index (κ3) is 3.91. The van der Waals surface area contributed by atoms with Gasteiger partial charge >= 0.3 is 5.97 Å². The van der Waals surface area contributed by atoms with E-state index in [2.05, 4.69) is 31.0 Å². The predicted molar refractivity (Wildman–Crippen MR) is 104 cm³/mol. The lowest BCUT2D eigenvalue weighted by atomic mass is 9.86. The molecule has 6 heteroatoms. The summed E-state index contributed by atoms with van der Waals surface area (Å²) in [5, 5.41) is 3.40. The van der Waals surface area contributed by atoms with Crippen LogP contribution < -0.4 is 5.32 Å². The standard InChI is InChI=1S/C20H28N2O3S/c1-14(2)20(3)13-26-17-10-9-16(19(24)22(17)20)21-11-18(23)25-12-15-7-5-4-6-8-15/h4-8,14,16-17,21H,9-13H2,1-3H3. The maximum Gasteiger partial charge on any atom is 0.320 e. The molecule has 0 bridgehead atoms. The van der Waals surface area contributed by atoms with Crippen LogP contribution in [0.25, 0.3) is 0 Å². The van der Waals surface area contributed by atoms with Gasteiger partial charge in [0.15, 0.2) is 0 Å². The average Bonchev–Trinajstić information content (AvgIpc) is 2.99. The Kier molecular flexibility index (Phi) is 5.92. The van der Waals surface area contributed by atoms with E-state index >= 15 is 0 Å². The summed E-state index contributed by atoms with van der Waals surface area (Å²) in [5.41, 5.74) is 0.847. The zero-order chi connectivity index (χ0) is 18.7. The fraction of sp³-hybridized carbons (Fsp3) is 0.600. The lowest BCUT2D eigenvalue weighted by Crippen LogP contribution is -2.61. The number of carbonyl (C=O) groups excluding carboxylic acids is 2. The third-order valence-corrected chi connectivity index (χ3v) is 7.21. The summed E-state index contributed by atoms with van der Waals surface area (Å²) in [6.45, 7) is 6.85. The number of carbonyl (C=O) groups is 2. The van der Waals surface area contributed by atoms with Crippen molar-refractivity contribution in [3.8, 4) is 0 Å². The molecular weight excluding hydrogens is 348 g/mol. The van der Waals surface area contributed by atoms with Crippen molar-refractivity contribution in [3.05, 3.63) is 35.9 Å². The minimum atomic E-state index is -0.328. The maximum absolute atomic E-state index is 13.0.